The van der Waals surface area contributed by atoms with Gasteiger partial charge in [-0.3, -0.25) is 0 Å². The number of methoxy groups -OCH3 is 1. The van der Waals surface area contributed by atoms with Gasteiger partial charge in [0, 0.05) is 20.2 Å². The molecule has 0 aromatic heterocycles. The first-order chi connectivity index (χ1) is 9.78. The van der Waals surface area contributed by atoms with E-state index in [2.05, 4.69) is 0 Å². The number of halogens is 2. The van der Waals surface area contributed by atoms with Crippen molar-refractivity contribution in [1.82, 2.24) is 4.31 Å². The van der Waals surface area contributed by atoms with Crippen molar-refractivity contribution >= 4 is 39.2 Å². The smallest absolute Gasteiger partial charge is 0.338 e. The number of carboxylic acids is 1. The molecule has 0 spiro atoms. The third-order valence-electron chi connectivity index (χ3n) is 3.33. The van der Waals surface area contributed by atoms with E-state index in [-0.39, 0.29) is 27.6 Å². The molecule has 1 N–H and O–H groups in total. The van der Waals surface area contributed by atoms with E-state index in [0.29, 0.717) is 13.0 Å². The van der Waals surface area contributed by atoms with Crippen LogP contribution in [0.3, 0.4) is 0 Å². The number of sulfonamides is 1. The molecule has 6 nitrogen and oxygen atoms in total. The molecule has 1 aliphatic heterocycles. The third kappa shape index (κ3) is 3.02. The summed E-state index contributed by atoms with van der Waals surface area (Å²) in [6.07, 6.45) is 0.400. The molecule has 1 atom stereocenters. The molecule has 2 rings (SSSR count). The number of nitrogens with zero attached hydrogens (tertiary/aromatic N) is 1. The minimum Gasteiger partial charge on any atom is -0.478 e. The Bertz CT molecular complexity index is 676. The molecule has 1 fully saturated rings. The predicted molar refractivity (Wildman–Crippen MR) is 77.6 cm³/mol. The summed E-state index contributed by atoms with van der Waals surface area (Å²) < 4.78 is 31.5. The number of aromatic carboxylic acids is 1. The van der Waals surface area contributed by atoms with Gasteiger partial charge in [-0.1, -0.05) is 23.2 Å². The lowest BCUT2D eigenvalue weighted by Crippen LogP contribution is -2.30. The van der Waals surface area contributed by atoms with Crippen LogP contribution in [0.4, 0.5) is 0 Å². The lowest BCUT2D eigenvalue weighted by Gasteiger charge is -2.18. The maximum absolute atomic E-state index is 12.6. The fourth-order valence-corrected chi connectivity index (χ4v) is 4.56. The monoisotopic (exact) mass is 353 g/mol. The van der Waals surface area contributed by atoms with Gasteiger partial charge in [-0.25, -0.2) is 13.2 Å². The zero-order chi connectivity index (χ0) is 15.8. The highest BCUT2D eigenvalue weighted by Gasteiger charge is 2.35. The summed E-state index contributed by atoms with van der Waals surface area (Å²) in [5.41, 5.74) is -0.415. The topological polar surface area (TPSA) is 83.9 Å². The summed E-state index contributed by atoms with van der Waals surface area (Å²) in [5, 5.41) is 8.60. The third-order valence-corrected chi connectivity index (χ3v) is 6.06. The molecule has 1 saturated heterocycles. The van der Waals surface area contributed by atoms with E-state index in [1.807, 2.05) is 0 Å². The Morgan fingerprint density at radius 1 is 1.43 bits per heavy atom. The number of hydrogen-bond acceptors (Lipinski definition) is 4. The van der Waals surface area contributed by atoms with Crippen LogP contribution < -0.4 is 0 Å². The van der Waals surface area contributed by atoms with Gasteiger partial charge < -0.3 is 9.84 Å². The van der Waals surface area contributed by atoms with Crippen molar-refractivity contribution in [2.45, 2.75) is 17.4 Å². The van der Waals surface area contributed by atoms with Crippen molar-refractivity contribution in [2.24, 2.45) is 0 Å². The number of hydrogen-bond donors (Lipinski definition) is 1. The first kappa shape index (κ1) is 16.5. The first-order valence-corrected chi connectivity index (χ1v) is 8.23. The Morgan fingerprint density at radius 3 is 2.62 bits per heavy atom. The molecule has 0 amide bonds. The summed E-state index contributed by atoms with van der Waals surface area (Å²) in [4.78, 5) is 10.9. The Labute approximate surface area is 132 Å². The van der Waals surface area contributed by atoms with E-state index in [0.717, 1.165) is 0 Å². The zero-order valence-corrected chi connectivity index (χ0v) is 13.4. The van der Waals surface area contributed by atoms with Gasteiger partial charge in [0.15, 0.2) is 0 Å². The SMILES string of the molecule is COC1CCN(S(=O)(=O)c2ccc(Cl)c(C(=O)O)c2Cl)C1. The van der Waals surface area contributed by atoms with Gasteiger partial charge >= 0.3 is 5.97 Å². The van der Waals surface area contributed by atoms with Crippen LogP contribution in [0.1, 0.15) is 16.8 Å². The molecule has 0 saturated carbocycles. The maximum atomic E-state index is 12.6. The molecule has 0 radical (unpaired) electrons. The normalized spacial score (nSPS) is 19.9. The molecule has 1 aromatic carbocycles. The van der Waals surface area contributed by atoms with Gasteiger partial charge in [0.2, 0.25) is 10.0 Å². The summed E-state index contributed by atoms with van der Waals surface area (Å²) in [6, 6.07) is 2.43. The van der Waals surface area contributed by atoms with Crippen LogP contribution >= 0.6 is 23.2 Å². The second kappa shape index (κ2) is 6.10. The molecule has 9 heteroatoms. The van der Waals surface area contributed by atoms with Crippen LogP contribution in [0.15, 0.2) is 17.0 Å². The quantitative estimate of drug-likeness (QED) is 0.895. The van der Waals surface area contributed by atoms with Gasteiger partial charge in [-0.15, -0.1) is 0 Å². The molecule has 1 heterocycles. The number of benzene rings is 1. The summed E-state index contributed by atoms with van der Waals surface area (Å²) in [5.74, 6) is -1.38. The number of carbonyl (C=O) groups is 1. The van der Waals surface area contributed by atoms with Crippen LogP contribution in [0, 0.1) is 0 Å². The minimum atomic E-state index is -3.89. The predicted octanol–water partition coefficient (Wildman–Crippen LogP) is 2.10. The van der Waals surface area contributed by atoms with Crippen molar-refractivity contribution < 1.29 is 23.1 Å². The second-order valence-electron chi connectivity index (χ2n) is 4.55. The van der Waals surface area contributed by atoms with E-state index in [9.17, 15) is 13.2 Å². The van der Waals surface area contributed by atoms with Gasteiger partial charge in [-0.2, -0.15) is 4.31 Å². The van der Waals surface area contributed by atoms with Crippen molar-refractivity contribution in [3.63, 3.8) is 0 Å². The van der Waals surface area contributed by atoms with E-state index in [4.69, 9.17) is 33.0 Å². The number of ether oxygens (including phenoxy) is 1. The van der Waals surface area contributed by atoms with Gasteiger partial charge in [0.25, 0.3) is 0 Å². The molecule has 1 aliphatic rings. The standard InChI is InChI=1S/C12H13Cl2NO5S/c1-20-7-4-5-15(6-7)21(18,19)9-3-2-8(13)10(11(9)14)12(16)17/h2-3,7H,4-6H2,1H3,(H,16,17). The van der Waals surface area contributed by atoms with E-state index in [1.165, 1.54) is 23.5 Å². The minimum absolute atomic E-state index is 0.109. The Morgan fingerprint density at radius 2 is 2.10 bits per heavy atom. The Hall–Kier alpha value is -0.860. The molecule has 1 aromatic rings. The summed E-state index contributed by atoms with van der Waals surface area (Å²) in [7, 11) is -2.37. The van der Waals surface area contributed by atoms with Crippen molar-refractivity contribution in [2.75, 3.05) is 20.2 Å². The fraction of sp³-hybridized carbons (Fsp3) is 0.417. The number of rotatable bonds is 4. The van der Waals surface area contributed by atoms with Crippen molar-refractivity contribution in [3.05, 3.63) is 27.7 Å². The van der Waals surface area contributed by atoms with E-state index in [1.54, 1.807) is 0 Å². The first-order valence-electron chi connectivity index (χ1n) is 6.03. The Kier molecular flexibility index (Phi) is 4.79. The maximum Gasteiger partial charge on any atom is 0.338 e. The largest absolute Gasteiger partial charge is 0.478 e. The van der Waals surface area contributed by atoms with Crippen LogP contribution in [0.2, 0.25) is 10.0 Å². The van der Waals surface area contributed by atoms with Crippen LogP contribution in [0.5, 0.6) is 0 Å². The molecular formula is C12H13Cl2NO5S. The van der Waals surface area contributed by atoms with Gasteiger partial charge in [-0.05, 0) is 18.6 Å². The highest BCUT2D eigenvalue weighted by atomic mass is 35.5. The summed E-state index contributed by atoms with van der Waals surface area (Å²) in [6.45, 7) is 0.502. The molecule has 0 bridgehead atoms. The molecule has 21 heavy (non-hydrogen) atoms. The van der Waals surface area contributed by atoms with Gasteiger partial charge in [0.1, 0.15) is 4.90 Å². The molecule has 1 unspecified atom stereocenters. The zero-order valence-electron chi connectivity index (χ0n) is 11.0. The lowest BCUT2D eigenvalue weighted by atomic mass is 10.2. The lowest BCUT2D eigenvalue weighted by molar-refractivity contribution is 0.0697. The number of carboxylic acid groups (broad SMARTS) is 1. The van der Waals surface area contributed by atoms with Crippen molar-refractivity contribution in [3.8, 4) is 0 Å². The molecule has 0 aliphatic carbocycles. The highest BCUT2D eigenvalue weighted by Crippen LogP contribution is 2.33. The molecule has 116 valence electrons. The van der Waals surface area contributed by atoms with Crippen LogP contribution in [0.25, 0.3) is 0 Å². The highest BCUT2D eigenvalue weighted by molar-refractivity contribution is 7.89. The second-order valence-corrected chi connectivity index (χ2v) is 7.24. The summed E-state index contributed by atoms with van der Waals surface area (Å²) >= 11 is 11.7. The van der Waals surface area contributed by atoms with E-state index < -0.39 is 21.6 Å². The van der Waals surface area contributed by atoms with Crippen LogP contribution in [-0.4, -0.2) is 50.1 Å². The van der Waals surface area contributed by atoms with Crippen molar-refractivity contribution in [1.29, 1.82) is 0 Å². The average Bonchev–Trinajstić information content (AvgIpc) is 2.87. The van der Waals surface area contributed by atoms with E-state index >= 15 is 0 Å². The molecular weight excluding hydrogens is 341 g/mol. The van der Waals surface area contributed by atoms with Gasteiger partial charge in [0.05, 0.1) is 21.7 Å². The van der Waals surface area contributed by atoms with Crippen LogP contribution in [-0.2, 0) is 14.8 Å². The average molecular weight is 354 g/mol. The fourth-order valence-electron chi connectivity index (χ4n) is 2.18. The Balaban J connectivity index is 2.47.